The molecule has 1 saturated carbocycles. The lowest BCUT2D eigenvalue weighted by Crippen LogP contribution is -2.41. The standard InChI is InChI=1S/C22H24N6O3S/c23-12-11-22(9-1-2-10-22)28-18-8-13-24-21(29)19(18)20(26-28)25-16-4-6-17(7-5-16)32(30,31)27-14-3-15-27/h4-8,13H,1-3,9-11,14-15H2,(H,24,29)(H,25,26). The Bertz CT molecular complexity index is 1360. The maximum Gasteiger partial charge on any atom is 0.261 e. The van der Waals surface area contributed by atoms with E-state index in [4.69, 9.17) is 5.10 Å². The van der Waals surface area contributed by atoms with Gasteiger partial charge in [0.2, 0.25) is 10.0 Å². The molecule has 0 amide bonds. The summed E-state index contributed by atoms with van der Waals surface area (Å²) in [6.07, 6.45) is 6.52. The van der Waals surface area contributed by atoms with Crippen LogP contribution in [0.25, 0.3) is 10.9 Å². The molecule has 9 nitrogen and oxygen atoms in total. The molecule has 3 aromatic rings. The summed E-state index contributed by atoms with van der Waals surface area (Å²) in [5.74, 6) is 0.393. The zero-order valence-corrected chi connectivity index (χ0v) is 18.4. The van der Waals surface area contributed by atoms with Gasteiger partial charge in [-0.15, -0.1) is 0 Å². The van der Waals surface area contributed by atoms with E-state index in [0.29, 0.717) is 41.9 Å². The second-order valence-electron chi connectivity index (χ2n) is 8.50. The van der Waals surface area contributed by atoms with Crippen molar-refractivity contribution in [2.75, 3.05) is 18.4 Å². The Labute approximate surface area is 185 Å². The number of fused-ring (bicyclic) bond motifs is 1. The molecule has 1 aliphatic heterocycles. The van der Waals surface area contributed by atoms with Crippen molar-refractivity contribution in [1.29, 1.82) is 5.26 Å². The number of H-pyrrole nitrogens is 1. The normalized spacial score (nSPS) is 18.3. The second-order valence-corrected chi connectivity index (χ2v) is 10.4. The maximum absolute atomic E-state index is 12.7. The molecular weight excluding hydrogens is 428 g/mol. The van der Waals surface area contributed by atoms with Crippen LogP contribution < -0.4 is 10.9 Å². The number of aromatic nitrogens is 3. The molecule has 0 radical (unpaired) electrons. The van der Waals surface area contributed by atoms with Crippen molar-refractivity contribution in [2.24, 2.45) is 0 Å². The number of hydrogen-bond acceptors (Lipinski definition) is 6. The highest BCUT2D eigenvalue weighted by Gasteiger charge is 2.38. The van der Waals surface area contributed by atoms with Crippen LogP contribution in [0.2, 0.25) is 0 Å². The summed E-state index contributed by atoms with van der Waals surface area (Å²) in [6, 6.07) is 10.6. The topological polar surface area (TPSA) is 124 Å². The minimum Gasteiger partial charge on any atom is -0.338 e. The molecule has 1 aromatic carbocycles. The first-order chi connectivity index (χ1) is 15.4. The molecule has 0 bridgehead atoms. The van der Waals surface area contributed by atoms with Gasteiger partial charge in [0.15, 0.2) is 5.82 Å². The van der Waals surface area contributed by atoms with Crippen LogP contribution in [0.4, 0.5) is 11.5 Å². The summed E-state index contributed by atoms with van der Waals surface area (Å²) in [7, 11) is -3.45. The van der Waals surface area contributed by atoms with Crippen molar-refractivity contribution in [3.63, 3.8) is 0 Å². The zero-order valence-electron chi connectivity index (χ0n) is 17.5. The third-order valence-corrected chi connectivity index (χ3v) is 8.48. The van der Waals surface area contributed by atoms with Crippen molar-refractivity contribution >= 4 is 32.4 Å². The molecular formula is C22H24N6O3S. The van der Waals surface area contributed by atoms with Gasteiger partial charge in [0.25, 0.3) is 5.56 Å². The van der Waals surface area contributed by atoms with E-state index in [-0.39, 0.29) is 10.5 Å². The smallest absolute Gasteiger partial charge is 0.261 e. The molecule has 2 N–H and O–H groups in total. The Kier molecular flexibility index (Phi) is 5.03. The van der Waals surface area contributed by atoms with Crippen molar-refractivity contribution in [3.05, 3.63) is 46.9 Å². The maximum atomic E-state index is 12.7. The number of sulfonamides is 1. The molecule has 2 aromatic heterocycles. The van der Waals surface area contributed by atoms with Crippen molar-refractivity contribution in [3.8, 4) is 6.07 Å². The summed E-state index contributed by atoms with van der Waals surface area (Å²) in [5, 5.41) is 17.8. The van der Waals surface area contributed by atoms with Crippen LogP contribution in [0.3, 0.4) is 0 Å². The fourth-order valence-corrected chi connectivity index (χ4v) is 6.21. The summed E-state index contributed by atoms with van der Waals surface area (Å²) < 4.78 is 28.4. The molecule has 10 heteroatoms. The van der Waals surface area contributed by atoms with Gasteiger partial charge in [0.05, 0.1) is 28.4 Å². The Morgan fingerprint density at radius 1 is 1.12 bits per heavy atom. The van der Waals surface area contributed by atoms with Gasteiger partial charge in [0.1, 0.15) is 5.39 Å². The fourth-order valence-electron chi connectivity index (χ4n) is 4.69. The van der Waals surface area contributed by atoms with E-state index >= 15 is 0 Å². The van der Waals surface area contributed by atoms with Gasteiger partial charge in [-0.25, -0.2) is 8.42 Å². The van der Waals surface area contributed by atoms with E-state index in [2.05, 4.69) is 16.4 Å². The van der Waals surface area contributed by atoms with E-state index in [1.54, 1.807) is 30.5 Å². The summed E-state index contributed by atoms with van der Waals surface area (Å²) in [5.41, 5.74) is 0.627. The SMILES string of the molecule is N#CCC1(n2nc(Nc3ccc(S(=O)(=O)N4CCC4)cc3)c3c(=O)[nH]ccc32)CCCC1. The Morgan fingerprint density at radius 2 is 1.84 bits per heavy atom. The van der Waals surface area contributed by atoms with E-state index in [1.807, 2.05) is 10.7 Å². The van der Waals surface area contributed by atoms with Crippen molar-refractivity contribution < 1.29 is 8.42 Å². The highest BCUT2D eigenvalue weighted by Crippen LogP contribution is 2.41. The molecule has 0 atom stereocenters. The molecule has 1 saturated heterocycles. The van der Waals surface area contributed by atoms with Gasteiger partial charge in [-0.3, -0.25) is 9.48 Å². The molecule has 1 aliphatic carbocycles. The van der Waals surface area contributed by atoms with Crippen molar-refractivity contribution in [1.82, 2.24) is 19.1 Å². The molecule has 32 heavy (non-hydrogen) atoms. The van der Waals surface area contributed by atoms with Gasteiger partial charge in [-0.1, -0.05) is 12.8 Å². The number of rotatable bonds is 6. The third-order valence-electron chi connectivity index (χ3n) is 6.57. The van der Waals surface area contributed by atoms with Gasteiger partial charge < -0.3 is 10.3 Å². The molecule has 2 aliphatic rings. The number of nitriles is 1. The quantitative estimate of drug-likeness (QED) is 0.592. The van der Waals surface area contributed by atoms with E-state index in [9.17, 15) is 18.5 Å². The van der Waals surface area contributed by atoms with Crippen LogP contribution in [0.15, 0.2) is 46.2 Å². The number of anilines is 2. The van der Waals surface area contributed by atoms with Crippen LogP contribution >= 0.6 is 0 Å². The van der Waals surface area contributed by atoms with Crippen molar-refractivity contribution in [2.45, 2.75) is 49.0 Å². The molecule has 3 heterocycles. The van der Waals surface area contributed by atoms with Gasteiger partial charge in [-0.05, 0) is 49.6 Å². The van der Waals surface area contributed by atoms with Gasteiger partial charge >= 0.3 is 0 Å². The molecule has 0 unspecified atom stereocenters. The van der Waals surface area contributed by atoms with Crippen LogP contribution in [0.5, 0.6) is 0 Å². The monoisotopic (exact) mass is 452 g/mol. The average Bonchev–Trinajstić information content (AvgIpc) is 3.34. The Morgan fingerprint density at radius 3 is 2.47 bits per heavy atom. The number of benzene rings is 1. The lowest BCUT2D eigenvalue weighted by molar-refractivity contribution is 0.280. The Hall–Kier alpha value is -3.16. The van der Waals surface area contributed by atoms with Gasteiger partial charge in [0, 0.05) is 25.0 Å². The number of hydrogen-bond donors (Lipinski definition) is 2. The van der Waals surface area contributed by atoms with Crippen LogP contribution in [0, 0.1) is 11.3 Å². The highest BCUT2D eigenvalue weighted by atomic mass is 32.2. The molecule has 0 spiro atoms. The van der Waals surface area contributed by atoms with Gasteiger partial charge in [-0.2, -0.15) is 14.7 Å². The fraction of sp³-hybridized carbons (Fsp3) is 0.409. The first-order valence-electron chi connectivity index (χ1n) is 10.8. The minimum absolute atomic E-state index is 0.245. The Balaban J connectivity index is 1.53. The van der Waals surface area contributed by atoms with Crippen LogP contribution in [-0.2, 0) is 15.6 Å². The summed E-state index contributed by atoms with van der Waals surface area (Å²) in [6.45, 7) is 1.11. The molecule has 2 fully saturated rings. The predicted molar refractivity (Wildman–Crippen MR) is 120 cm³/mol. The number of nitrogens with zero attached hydrogens (tertiary/aromatic N) is 4. The zero-order chi connectivity index (χ0) is 22.3. The number of aromatic amines is 1. The molecule has 166 valence electrons. The predicted octanol–water partition coefficient (Wildman–Crippen LogP) is 3.05. The largest absolute Gasteiger partial charge is 0.338 e. The summed E-state index contributed by atoms with van der Waals surface area (Å²) >= 11 is 0. The van der Waals surface area contributed by atoms with E-state index in [1.165, 1.54) is 4.31 Å². The second kappa shape index (κ2) is 7.76. The lowest BCUT2D eigenvalue weighted by atomic mass is 9.94. The average molecular weight is 453 g/mol. The van der Waals surface area contributed by atoms with Crippen LogP contribution in [-0.4, -0.2) is 40.6 Å². The number of pyridine rings is 1. The number of nitrogens with one attached hydrogen (secondary N) is 2. The lowest BCUT2D eigenvalue weighted by Gasteiger charge is -2.29. The van der Waals surface area contributed by atoms with Crippen LogP contribution in [0.1, 0.15) is 38.5 Å². The minimum atomic E-state index is -3.45. The third kappa shape index (κ3) is 3.29. The molecule has 5 rings (SSSR count). The first-order valence-corrected chi connectivity index (χ1v) is 12.2. The van der Waals surface area contributed by atoms with E-state index in [0.717, 1.165) is 32.1 Å². The van der Waals surface area contributed by atoms with E-state index < -0.39 is 15.6 Å². The highest BCUT2D eigenvalue weighted by molar-refractivity contribution is 7.89. The first kappa shape index (κ1) is 20.7. The summed E-state index contributed by atoms with van der Waals surface area (Å²) in [4.78, 5) is 15.6.